The van der Waals surface area contributed by atoms with Crippen molar-refractivity contribution in [3.05, 3.63) is 88.5 Å². The van der Waals surface area contributed by atoms with Gasteiger partial charge in [-0.2, -0.15) is 0 Å². The standard InChI is InChI=1S/C21H21N/c1-14-13-15(2)20(16(14)3)18-11-7-8-12-19(18)21(22)17-9-5-4-6-10-17/h4-13,15,22H,1-3H3. The molecule has 0 bridgehead atoms. The van der Waals surface area contributed by atoms with Crippen LogP contribution < -0.4 is 0 Å². The first-order valence-electron chi connectivity index (χ1n) is 7.73. The molecule has 2 aromatic carbocycles. The summed E-state index contributed by atoms with van der Waals surface area (Å²) in [5, 5.41) is 8.62. The van der Waals surface area contributed by atoms with E-state index in [0.717, 1.165) is 11.1 Å². The predicted molar refractivity (Wildman–Crippen MR) is 94.3 cm³/mol. The monoisotopic (exact) mass is 287 g/mol. The molecule has 0 radical (unpaired) electrons. The third-order valence-corrected chi connectivity index (χ3v) is 4.50. The first-order chi connectivity index (χ1) is 10.6. The second kappa shape index (κ2) is 5.76. The summed E-state index contributed by atoms with van der Waals surface area (Å²) in [4.78, 5) is 0. The molecule has 1 aliphatic carbocycles. The SMILES string of the molecule is CC1=CC(C)C(c2ccccc2C(=N)c2ccccc2)=C1C. The van der Waals surface area contributed by atoms with Crippen LogP contribution in [0.2, 0.25) is 0 Å². The van der Waals surface area contributed by atoms with Crippen molar-refractivity contribution in [1.82, 2.24) is 0 Å². The molecule has 0 amide bonds. The van der Waals surface area contributed by atoms with Crippen LogP contribution >= 0.6 is 0 Å². The highest BCUT2D eigenvalue weighted by molar-refractivity contribution is 6.13. The summed E-state index contributed by atoms with van der Waals surface area (Å²) in [7, 11) is 0. The Morgan fingerprint density at radius 2 is 1.55 bits per heavy atom. The van der Waals surface area contributed by atoms with Gasteiger partial charge in [0.1, 0.15) is 0 Å². The van der Waals surface area contributed by atoms with Gasteiger partial charge in [0.25, 0.3) is 0 Å². The van der Waals surface area contributed by atoms with Gasteiger partial charge in [-0.25, -0.2) is 0 Å². The number of hydrogen-bond acceptors (Lipinski definition) is 1. The maximum absolute atomic E-state index is 8.62. The van der Waals surface area contributed by atoms with Gasteiger partial charge in [-0.1, -0.05) is 73.2 Å². The third kappa shape index (κ3) is 2.43. The van der Waals surface area contributed by atoms with Gasteiger partial charge in [0.2, 0.25) is 0 Å². The zero-order valence-electron chi connectivity index (χ0n) is 13.4. The summed E-state index contributed by atoms with van der Waals surface area (Å²) in [5.74, 6) is 0.407. The molecule has 0 fully saturated rings. The highest BCUT2D eigenvalue weighted by Gasteiger charge is 2.22. The van der Waals surface area contributed by atoms with Crippen LogP contribution in [0.1, 0.15) is 37.5 Å². The van der Waals surface area contributed by atoms with Gasteiger partial charge in [0, 0.05) is 17.0 Å². The molecular formula is C21H21N. The van der Waals surface area contributed by atoms with E-state index in [1.165, 1.54) is 22.3 Å². The number of allylic oxidation sites excluding steroid dienone is 4. The fourth-order valence-electron chi connectivity index (χ4n) is 3.28. The lowest BCUT2D eigenvalue weighted by molar-refractivity contribution is 0.974. The molecule has 1 atom stereocenters. The zero-order valence-corrected chi connectivity index (χ0v) is 13.4. The molecule has 1 N–H and O–H groups in total. The minimum absolute atomic E-state index is 0.407. The lowest BCUT2D eigenvalue weighted by Gasteiger charge is -2.16. The van der Waals surface area contributed by atoms with Crippen molar-refractivity contribution >= 4 is 11.3 Å². The van der Waals surface area contributed by atoms with E-state index < -0.39 is 0 Å². The van der Waals surface area contributed by atoms with Crippen molar-refractivity contribution in [2.24, 2.45) is 5.92 Å². The zero-order chi connectivity index (χ0) is 15.7. The molecule has 0 saturated heterocycles. The quantitative estimate of drug-likeness (QED) is 0.724. The molecule has 0 heterocycles. The summed E-state index contributed by atoms with van der Waals surface area (Å²) < 4.78 is 0. The Hall–Kier alpha value is -2.41. The van der Waals surface area contributed by atoms with Crippen LogP contribution in [0.4, 0.5) is 0 Å². The lowest BCUT2D eigenvalue weighted by atomic mass is 9.88. The first-order valence-corrected chi connectivity index (χ1v) is 7.73. The van der Waals surface area contributed by atoms with Gasteiger partial charge in [0.15, 0.2) is 0 Å². The van der Waals surface area contributed by atoms with Gasteiger partial charge in [-0.05, 0) is 30.6 Å². The Morgan fingerprint density at radius 3 is 2.18 bits per heavy atom. The highest BCUT2D eigenvalue weighted by atomic mass is 14.4. The van der Waals surface area contributed by atoms with Gasteiger partial charge in [-0.15, -0.1) is 0 Å². The number of benzene rings is 2. The molecule has 1 aliphatic rings. The van der Waals surface area contributed by atoms with Crippen molar-refractivity contribution in [1.29, 1.82) is 5.41 Å². The molecule has 1 nitrogen and oxygen atoms in total. The molecule has 1 heteroatoms. The summed E-state index contributed by atoms with van der Waals surface area (Å²) in [5.41, 5.74) is 7.81. The number of hydrogen-bond donors (Lipinski definition) is 1. The minimum atomic E-state index is 0.407. The number of rotatable bonds is 3. The van der Waals surface area contributed by atoms with Crippen molar-refractivity contribution in [3.63, 3.8) is 0 Å². The van der Waals surface area contributed by atoms with Crippen molar-refractivity contribution in [2.45, 2.75) is 20.8 Å². The Bertz CT molecular complexity index is 779. The van der Waals surface area contributed by atoms with Crippen molar-refractivity contribution in [3.8, 4) is 0 Å². The molecule has 0 saturated carbocycles. The largest absolute Gasteiger partial charge is 0.300 e. The predicted octanol–water partition coefficient (Wildman–Crippen LogP) is 5.47. The van der Waals surface area contributed by atoms with E-state index in [2.05, 4.69) is 45.0 Å². The topological polar surface area (TPSA) is 23.9 Å². The summed E-state index contributed by atoms with van der Waals surface area (Å²) in [6.07, 6.45) is 2.31. The van der Waals surface area contributed by atoms with E-state index >= 15 is 0 Å². The highest BCUT2D eigenvalue weighted by Crippen LogP contribution is 2.39. The van der Waals surface area contributed by atoms with Crippen LogP contribution in [-0.2, 0) is 0 Å². The van der Waals surface area contributed by atoms with Gasteiger partial charge < -0.3 is 0 Å². The Labute approximate surface area is 132 Å². The van der Waals surface area contributed by atoms with E-state index in [1.807, 2.05) is 36.4 Å². The number of nitrogens with one attached hydrogen (secondary N) is 1. The maximum Gasteiger partial charge on any atom is 0.0690 e. The van der Waals surface area contributed by atoms with E-state index in [4.69, 9.17) is 5.41 Å². The second-order valence-corrected chi connectivity index (χ2v) is 5.96. The Kier molecular flexibility index (Phi) is 3.81. The van der Waals surface area contributed by atoms with E-state index in [-0.39, 0.29) is 0 Å². The minimum Gasteiger partial charge on any atom is -0.300 e. The maximum atomic E-state index is 8.62. The molecule has 22 heavy (non-hydrogen) atoms. The fourth-order valence-corrected chi connectivity index (χ4v) is 3.28. The van der Waals surface area contributed by atoms with Crippen LogP contribution in [0, 0.1) is 11.3 Å². The molecular weight excluding hydrogens is 266 g/mol. The van der Waals surface area contributed by atoms with E-state index in [1.54, 1.807) is 0 Å². The summed E-state index contributed by atoms with van der Waals surface area (Å²) in [6.45, 7) is 6.59. The molecule has 110 valence electrons. The van der Waals surface area contributed by atoms with Crippen LogP contribution in [0.15, 0.2) is 71.8 Å². The van der Waals surface area contributed by atoms with Gasteiger partial charge in [-0.3, -0.25) is 5.41 Å². The molecule has 3 rings (SSSR count). The van der Waals surface area contributed by atoms with Gasteiger partial charge in [0.05, 0.1) is 5.71 Å². The fraction of sp³-hybridized carbons (Fsp3) is 0.190. The Balaban J connectivity index is 2.11. The molecule has 0 aromatic heterocycles. The third-order valence-electron chi connectivity index (χ3n) is 4.50. The average molecular weight is 287 g/mol. The van der Waals surface area contributed by atoms with Crippen LogP contribution in [0.5, 0.6) is 0 Å². The van der Waals surface area contributed by atoms with Gasteiger partial charge >= 0.3 is 0 Å². The summed E-state index contributed by atoms with van der Waals surface area (Å²) >= 11 is 0. The van der Waals surface area contributed by atoms with Crippen molar-refractivity contribution < 1.29 is 0 Å². The van der Waals surface area contributed by atoms with E-state index in [9.17, 15) is 0 Å². The average Bonchev–Trinajstić information content (AvgIpc) is 2.80. The smallest absolute Gasteiger partial charge is 0.0690 e. The molecule has 0 aliphatic heterocycles. The summed E-state index contributed by atoms with van der Waals surface area (Å²) in [6, 6.07) is 18.3. The normalized spacial score (nSPS) is 17.6. The van der Waals surface area contributed by atoms with Crippen LogP contribution in [0.3, 0.4) is 0 Å². The molecule has 1 unspecified atom stereocenters. The van der Waals surface area contributed by atoms with Crippen LogP contribution in [0.25, 0.3) is 5.57 Å². The first kappa shape index (κ1) is 14.5. The van der Waals surface area contributed by atoms with Crippen molar-refractivity contribution in [2.75, 3.05) is 0 Å². The lowest BCUT2D eigenvalue weighted by Crippen LogP contribution is -2.07. The second-order valence-electron chi connectivity index (χ2n) is 5.96. The molecule has 2 aromatic rings. The molecule has 0 spiro atoms. The van der Waals surface area contributed by atoms with E-state index in [0.29, 0.717) is 11.6 Å². The van der Waals surface area contributed by atoms with Crippen LogP contribution in [-0.4, -0.2) is 5.71 Å². The Morgan fingerprint density at radius 1 is 0.909 bits per heavy atom.